The fourth-order valence-electron chi connectivity index (χ4n) is 3.31. The first-order valence-corrected chi connectivity index (χ1v) is 6.27. The Balaban J connectivity index is 1.99. The van der Waals surface area contributed by atoms with E-state index in [1.54, 1.807) is 6.08 Å². The third-order valence-corrected chi connectivity index (χ3v) is 4.03. The molecule has 1 heterocycles. The first-order chi connectivity index (χ1) is 8.48. The van der Waals surface area contributed by atoms with Gasteiger partial charge in [0.2, 0.25) is 0 Å². The van der Waals surface area contributed by atoms with Crippen LogP contribution in [0, 0.1) is 11.8 Å². The van der Waals surface area contributed by atoms with Crippen LogP contribution < -0.4 is 0 Å². The van der Waals surface area contributed by atoms with Gasteiger partial charge in [0.05, 0.1) is 0 Å². The second-order valence-electron chi connectivity index (χ2n) is 5.15. The van der Waals surface area contributed by atoms with Crippen molar-refractivity contribution in [1.29, 1.82) is 0 Å². The zero-order valence-corrected chi connectivity index (χ0v) is 9.83. The number of carbonyl (C=O) groups is 1. The van der Waals surface area contributed by atoms with Crippen LogP contribution in [0.1, 0.15) is 19.3 Å². The summed E-state index contributed by atoms with van der Waals surface area (Å²) in [6.45, 7) is 1.56. The van der Waals surface area contributed by atoms with Crippen LogP contribution in [0.25, 0.3) is 0 Å². The van der Waals surface area contributed by atoms with Crippen molar-refractivity contribution in [1.82, 2.24) is 4.90 Å². The molecule has 0 aromatic carbocycles. The topological polar surface area (TPSA) is 20.3 Å². The summed E-state index contributed by atoms with van der Waals surface area (Å²) in [6.07, 6.45) is 1.59. The molecule has 0 saturated carbocycles. The number of hydrogen-bond donors (Lipinski definition) is 0. The number of Topliss-reactive ketones (excluding diaryl/α,β-unsaturated/α-hetero) is 1. The largest absolute Gasteiger partial charge is 0.454 e. The summed E-state index contributed by atoms with van der Waals surface area (Å²) in [5.74, 6) is -1.93. The molecule has 18 heavy (non-hydrogen) atoms. The monoisotopic (exact) mass is 257 g/mol. The zero-order chi connectivity index (χ0) is 12.9. The fourth-order valence-corrected chi connectivity index (χ4v) is 3.31. The molecular weight excluding hydrogens is 243 g/mol. The van der Waals surface area contributed by atoms with Crippen LogP contribution in [0.3, 0.4) is 0 Å². The highest BCUT2D eigenvalue weighted by Crippen LogP contribution is 2.47. The van der Waals surface area contributed by atoms with Crippen molar-refractivity contribution in [3.8, 4) is 0 Å². The van der Waals surface area contributed by atoms with Crippen LogP contribution in [-0.4, -0.2) is 29.9 Å². The van der Waals surface area contributed by atoms with Crippen molar-refractivity contribution in [3.05, 3.63) is 23.4 Å². The van der Waals surface area contributed by atoms with E-state index in [0.717, 1.165) is 25.9 Å². The van der Waals surface area contributed by atoms with Crippen molar-refractivity contribution in [3.63, 3.8) is 0 Å². The van der Waals surface area contributed by atoms with Gasteiger partial charge in [-0.3, -0.25) is 4.79 Å². The Labute approximate surface area is 103 Å². The van der Waals surface area contributed by atoms with E-state index in [4.69, 9.17) is 0 Å². The van der Waals surface area contributed by atoms with Gasteiger partial charge in [-0.15, -0.1) is 0 Å². The molecule has 1 saturated heterocycles. The number of rotatable bonds is 2. The van der Waals surface area contributed by atoms with Gasteiger partial charge in [0.15, 0.2) is 0 Å². The van der Waals surface area contributed by atoms with Gasteiger partial charge >= 0.3 is 6.18 Å². The van der Waals surface area contributed by atoms with Gasteiger partial charge in [-0.05, 0) is 19.3 Å². The summed E-state index contributed by atoms with van der Waals surface area (Å²) in [4.78, 5) is 13.6. The lowest BCUT2D eigenvalue weighted by atomic mass is 9.96. The van der Waals surface area contributed by atoms with Gasteiger partial charge in [0.25, 0.3) is 5.78 Å². The van der Waals surface area contributed by atoms with Crippen LogP contribution in [-0.2, 0) is 4.79 Å². The first kappa shape index (κ1) is 11.8. The summed E-state index contributed by atoms with van der Waals surface area (Å²) in [5.41, 5.74) is 0.666. The molecule has 2 nitrogen and oxygen atoms in total. The number of allylic oxidation sites excluding steroid dienone is 3. The van der Waals surface area contributed by atoms with Gasteiger partial charge in [-0.2, -0.15) is 13.2 Å². The molecule has 0 radical (unpaired) electrons. The van der Waals surface area contributed by atoms with Crippen LogP contribution in [0.5, 0.6) is 0 Å². The van der Waals surface area contributed by atoms with Gasteiger partial charge in [-0.25, -0.2) is 0 Å². The van der Waals surface area contributed by atoms with Crippen molar-refractivity contribution < 1.29 is 18.0 Å². The summed E-state index contributed by atoms with van der Waals surface area (Å²) >= 11 is 0. The molecule has 0 aromatic rings. The van der Waals surface area contributed by atoms with Gasteiger partial charge in [-0.1, -0.05) is 12.2 Å². The van der Waals surface area contributed by atoms with E-state index in [1.165, 1.54) is 0 Å². The molecule has 1 aliphatic heterocycles. The maximum absolute atomic E-state index is 12.7. The Hall–Kier alpha value is -1.26. The number of nitrogens with zero attached hydrogens (tertiary/aromatic N) is 1. The highest BCUT2D eigenvalue weighted by atomic mass is 19.4. The molecule has 98 valence electrons. The molecule has 3 aliphatic rings. The SMILES string of the molecule is O=C(C1=C(N2CCCC2)C2C=CC1C2)C(F)(F)F. The smallest absolute Gasteiger partial charge is 0.374 e. The Kier molecular flexibility index (Phi) is 2.54. The average molecular weight is 257 g/mol. The van der Waals surface area contributed by atoms with Crippen molar-refractivity contribution in [2.24, 2.45) is 11.8 Å². The maximum Gasteiger partial charge on any atom is 0.454 e. The van der Waals surface area contributed by atoms with E-state index < -0.39 is 12.0 Å². The molecular formula is C13H14F3NO. The number of likely N-dealkylation sites (tertiary alicyclic amines) is 1. The number of fused-ring (bicyclic) bond motifs is 2. The van der Waals surface area contributed by atoms with Crippen molar-refractivity contribution in [2.45, 2.75) is 25.4 Å². The molecule has 2 unspecified atom stereocenters. The minimum absolute atomic E-state index is 0.0110. The second-order valence-corrected chi connectivity index (χ2v) is 5.15. The number of halogens is 3. The standard InChI is InChI=1S/C13H14F3NO/c14-13(15,16)12(18)10-8-3-4-9(7-8)11(10)17-5-1-2-6-17/h3-4,8-9H,1-2,5-7H2. The molecule has 5 heteroatoms. The third kappa shape index (κ3) is 1.68. The minimum atomic E-state index is -4.75. The first-order valence-electron chi connectivity index (χ1n) is 6.27. The zero-order valence-electron chi connectivity index (χ0n) is 9.83. The van der Waals surface area contributed by atoms with E-state index in [0.29, 0.717) is 12.1 Å². The third-order valence-electron chi connectivity index (χ3n) is 4.03. The van der Waals surface area contributed by atoms with E-state index in [-0.39, 0.29) is 17.4 Å². The summed E-state index contributed by atoms with van der Waals surface area (Å²) in [5, 5.41) is 0. The lowest BCUT2D eigenvalue weighted by molar-refractivity contribution is -0.167. The van der Waals surface area contributed by atoms with Crippen LogP contribution in [0.4, 0.5) is 13.2 Å². The predicted molar refractivity (Wildman–Crippen MR) is 59.6 cm³/mol. The van der Waals surface area contributed by atoms with E-state index in [9.17, 15) is 18.0 Å². The number of ketones is 1. The molecule has 2 atom stereocenters. The molecule has 0 amide bonds. The van der Waals surface area contributed by atoms with Gasteiger partial charge in [0, 0.05) is 36.2 Å². The summed E-state index contributed by atoms with van der Waals surface area (Å²) in [6, 6.07) is 0. The van der Waals surface area contributed by atoms with E-state index in [2.05, 4.69) is 0 Å². The van der Waals surface area contributed by atoms with Gasteiger partial charge < -0.3 is 4.90 Å². The Bertz CT molecular complexity index is 444. The molecule has 0 spiro atoms. The van der Waals surface area contributed by atoms with Gasteiger partial charge in [0.1, 0.15) is 0 Å². The van der Waals surface area contributed by atoms with Crippen LogP contribution in [0.15, 0.2) is 23.4 Å². The molecule has 2 aliphatic carbocycles. The minimum Gasteiger partial charge on any atom is -0.374 e. The molecule has 1 fully saturated rings. The number of carbonyl (C=O) groups excluding carboxylic acids is 1. The Morgan fingerprint density at radius 1 is 1.17 bits per heavy atom. The summed E-state index contributed by atoms with van der Waals surface area (Å²) in [7, 11) is 0. The highest BCUT2D eigenvalue weighted by Gasteiger charge is 2.49. The predicted octanol–water partition coefficient (Wildman–Crippen LogP) is 2.67. The average Bonchev–Trinajstić information content (AvgIpc) is 3.01. The van der Waals surface area contributed by atoms with E-state index >= 15 is 0 Å². The molecule has 2 bridgehead atoms. The number of hydrogen-bond acceptors (Lipinski definition) is 2. The van der Waals surface area contributed by atoms with Crippen molar-refractivity contribution in [2.75, 3.05) is 13.1 Å². The van der Waals surface area contributed by atoms with Crippen molar-refractivity contribution >= 4 is 5.78 Å². The molecule has 0 aromatic heterocycles. The lowest BCUT2D eigenvalue weighted by Gasteiger charge is -2.26. The highest BCUT2D eigenvalue weighted by molar-refractivity contribution is 6.01. The normalized spacial score (nSPS) is 30.7. The van der Waals surface area contributed by atoms with Crippen LogP contribution >= 0.6 is 0 Å². The number of alkyl halides is 3. The maximum atomic E-state index is 12.7. The van der Waals surface area contributed by atoms with Crippen LogP contribution in [0.2, 0.25) is 0 Å². The lowest BCUT2D eigenvalue weighted by Crippen LogP contribution is -2.31. The Morgan fingerprint density at radius 3 is 2.39 bits per heavy atom. The van der Waals surface area contributed by atoms with E-state index in [1.807, 2.05) is 11.0 Å². The quantitative estimate of drug-likeness (QED) is 0.709. The summed E-state index contributed by atoms with van der Waals surface area (Å²) < 4.78 is 38.0. The molecule has 0 N–H and O–H groups in total. The molecule has 3 rings (SSSR count). The second kappa shape index (κ2) is 3.87. The fraction of sp³-hybridized carbons (Fsp3) is 0.615. The Morgan fingerprint density at radius 2 is 1.78 bits per heavy atom.